The summed E-state index contributed by atoms with van der Waals surface area (Å²) in [5.41, 5.74) is 2.34. The fourth-order valence-electron chi connectivity index (χ4n) is 2.72. The second kappa shape index (κ2) is 7.74. The zero-order valence-corrected chi connectivity index (χ0v) is 14.2. The van der Waals surface area contributed by atoms with Crippen molar-refractivity contribution in [1.29, 1.82) is 0 Å². The molecule has 0 aromatic carbocycles. The SMILES string of the molecule is CC(=O)N1CCN(C(=O)c2ccc(NCc3cccnc3)cn2)CC1. The Kier molecular flexibility index (Phi) is 5.23. The van der Waals surface area contributed by atoms with E-state index in [9.17, 15) is 9.59 Å². The van der Waals surface area contributed by atoms with Crippen molar-refractivity contribution >= 4 is 17.5 Å². The Morgan fingerprint density at radius 2 is 1.84 bits per heavy atom. The van der Waals surface area contributed by atoms with E-state index >= 15 is 0 Å². The van der Waals surface area contributed by atoms with Gasteiger partial charge >= 0.3 is 0 Å². The van der Waals surface area contributed by atoms with E-state index < -0.39 is 0 Å². The summed E-state index contributed by atoms with van der Waals surface area (Å²) < 4.78 is 0. The average molecular weight is 339 g/mol. The number of hydrogen-bond donors (Lipinski definition) is 1. The summed E-state index contributed by atoms with van der Waals surface area (Å²) in [5.74, 6) is -0.0451. The molecule has 7 heteroatoms. The first-order valence-corrected chi connectivity index (χ1v) is 8.27. The summed E-state index contributed by atoms with van der Waals surface area (Å²) in [4.78, 5) is 35.7. The van der Waals surface area contributed by atoms with Gasteiger partial charge in [0.2, 0.25) is 5.91 Å². The van der Waals surface area contributed by atoms with E-state index in [0.717, 1.165) is 11.3 Å². The van der Waals surface area contributed by atoms with Gasteiger partial charge in [-0.2, -0.15) is 0 Å². The van der Waals surface area contributed by atoms with E-state index in [1.54, 1.807) is 41.4 Å². The Hall–Kier alpha value is -2.96. The van der Waals surface area contributed by atoms with Crippen LogP contribution < -0.4 is 5.32 Å². The highest BCUT2D eigenvalue weighted by atomic mass is 16.2. The molecule has 1 fully saturated rings. The molecule has 0 aliphatic carbocycles. The van der Waals surface area contributed by atoms with Crippen LogP contribution in [0.1, 0.15) is 23.0 Å². The molecule has 1 aliphatic rings. The molecule has 0 bridgehead atoms. The van der Waals surface area contributed by atoms with Crippen molar-refractivity contribution in [3.63, 3.8) is 0 Å². The first-order valence-electron chi connectivity index (χ1n) is 8.27. The van der Waals surface area contributed by atoms with Crippen molar-refractivity contribution in [3.8, 4) is 0 Å². The number of piperazine rings is 1. The van der Waals surface area contributed by atoms with Crippen LogP contribution >= 0.6 is 0 Å². The average Bonchev–Trinajstić information content (AvgIpc) is 2.67. The summed E-state index contributed by atoms with van der Waals surface area (Å²) in [6.07, 6.45) is 5.20. The van der Waals surface area contributed by atoms with Crippen molar-refractivity contribution in [3.05, 3.63) is 54.1 Å². The zero-order valence-electron chi connectivity index (χ0n) is 14.2. The van der Waals surface area contributed by atoms with E-state index in [4.69, 9.17) is 0 Å². The molecule has 2 amide bonds. The highest BCUT2D eigenvalue weighted by Gasteiger charge is 2.23. The van der Waals surface area contributed by atoms with Crippen molar-refractivity contribution < 1.29 is 9.59 Å². The largest absolute Gasteiger partial charge is 0.380 e. The van der Waals surface area contributed by atoms with E-state index in [-0.39, 0.29) is 11.8 Å². The summed E-state index contributed by atoms with van der Waals surface area (Å²) in [7, 11) is 0. The van der Waals surface area contributed by atoms with Crippen LogP contribution in [0.15, 0.2) is 42.9 Å². The molecule has 2 aromatic heterocycles. The zero-order chi connectivity index (χ0) is 17.6. The van der Waals surface area contributed by atoms with Gasteiger partial charge in [0.15, 0.2) is 0 Å². The maximum atomic E-state index is 12.5. The number of pyridine rings is 2. The Morgan fingerprint density at radius 1 is 1.08 bits per heavy atom. The van der Waals surface area contributed by atoms with Gasteiger partial charge in [-0.1, -0.05) is 6.07 Å². The molecule has 25 heavy (non-hydrogen) atoms. The summed E-state index contributed by atoms with van der Waals surface area (Å²) in [5, 5.41) is 3.25. The van der Waals surface area contributed by atoms with Gasteiger partial charge in [-0.3, -0.25) is 14.6 Å². The second-order valence-electron chi connectivity index (χ2n) is 5.95. The number of nitrogens with zero attached hydrogens (tertiary/aromatic N) is 4. The molecule has 2 aromatic rings. The van der Waals surface area contributed by atoms with Gasteiger partial charge in [0, 0.05) is 52.0 Å². The quantitative estimate of drug-likeness (QED) is 0.911. The van der Waals surface area contributed by atoms with Crippen LogP contribution in [0.2, 0.25) is 0 Å². The molecule has 1 aliphatic heterocycles. The van der Waals surface area contributed by atoms with E-state index in [0.29, 0.717) is 38.4 Å². The van der Waals surface area contributed by atoms with Crippen LogP contribution in [-0.4, -0.2) is 57.8 Å². The molecule has 0 saturated carbocycles. The maximum absolute atomic E-state index is 12.5. The van der Waals surface area contributed by atoms with Crippen LogP contribution in [-0.2, 0) is 11.3 Å². The van der Waals surface area contributed by atoms with Crippen LogP contribution in [0.25, 0.3) is 0 Å². The lowest BCUT2D eigenvalue weighted by molar-refractivity contribution is -0.130. The van der Waals surface area contributed by atoms with Crippen molar-refractivity contribution in [1.82, 2.24) is 19.8 Å². The third kappa shape index (κ3) is 4.32. The molecule has 1 N–H and O–H groups in total. The molecular weight excluding hydrogens is 318 g/mol. The molecule has 1 saturated heterocycles. The number of hydrogen-bond acceptors (Lipinski definition) is 5. The fourth-order valence-corrected chi connectivity index (χ4v) is 2.72. The predicted octanol–water partition coefficient (Wildman–Crippen LogP) is 1.39. The second-order valence-corrected chi connectivity index (χ2v) is 5.95. The molecule has 130 valence electrons. The van der Waals surface area contributed by atoms with E-state index in [1.165, 1.54) is 0 Å². The normalized spacial score (nSPS) is 14.3. The molecular formula is C18H21N5O2. The van der Waals surface area contributed by atoms with E-state index in [2.05, 4.69) is 15.3 Å². The minimum atomic E-state index is -0.0954. The maximum Gasteiger partial charge on any atom is 0.272 e. The molecule has 0 radical (unpaired) electrons. The lowest BCUT2D eigenvalue weighted by Crippen LogP contribution is -2.50. The highest BCUT2D eigenvalue weighted by molar-refractivity contribution is 5.92. The highest BCUT2D eigenvalue weighted by Crippen LogP contribution is 2.11. The molecule has 3 heterocycles. The van der Waals surface area contributed by atoms with Crippen molar-refractivity contribution in [2.24, 2.45) is 0 Å². The Labute approximate surface area is 146 Å². The van der Waals surface area contributed by atoms with Crippen molar-refractivity contribution in [2.75, 3.05) is 31.5 Å². The van der Waals surface area contributed by atoms with Crippen LogP contribution in [0.3, 0.4) is 0 Å². The lowest BCUT2D eigenvalue weighted by Gasteiger charge is -2.34. The molecule has 3 rings (SSSR count). The van der Waals surface area contributed by atoms with Gasteiger partial charge in [0.05, 0.1) is 11.9 Å². The fraction of sp³-hybridized carbons (Fsp3) is 0.333. The standard InChI is InChI=1S/C18H21N5O2/c1-14(24)22-7-9-23(10-8-22)18(25)17-5-4-16(13-21-17)20-12-15-3-2-6-19-11-15/h2-6,11,13,20H,7-10,12H2,1H3. The van der Waals surface area contributed by atoms with Crippen molar-refractivity contribution in [2.45, 2.75) is 13.5 Å². The number of anilines is 1. The van der Waals surface area contributed by atoms with Gasteiger partial charge in [-0.25, -0.2) is 4.98 Å². The van der Waals surface area contributed by atoms with Crippen LogP contribution in [0.4, 0.5) is 5.69 Å². The predicted molar refractivity (Wildman–Crippen MR) is 94.0 cm³/mol. The van der Waals surface area contributed by atoms with Crippen LogP contribution in [0, 0.1) is 0 Å². The Balaban J connectivity index is 1.55. The third-order valence-electron chi connectivity index (χ3n) is 4.21. The third-order valence-corrected chi connectivity index (χ3v) is 4.21. The molecule has 0 unspecified atom stereocenters. The first-order chi connectivity index (χ1) is 12.1. The molecule has 0 spiro atoms. The molecule has 0 atom stereocenters. The lowest BCUT2D eigenvalue weighted by atomic mass is 10.2. The van der Waals surface area contributed by atoms with Gasteiger partial charge in [0.25, 0.3) is 5.91 Å². The van der Waals surface area contributed by atoms with Gasteiger partial charge < -0.3 is 15.1 Å². The number of carbonyl (C=O) groups excluding carboxylic acids is 2. The number of aromatic nitrogens is 2. The number of rotatable bonds is 4. The monoisotopic (exact) mass is 339 g/mol. The summed E-state index contributed by atoms with van der Waals surface area (Å²) in [6.45, 7) is 4.44. The summed E-state index contributed by atoms with van der Waals surface area (Å²) >= 11 is 0. The van der Waals surface area contributed by atoms with Gasteiger partial charge in [0.1, 0.15) is 5.69 Å². The minimum Gasteiger partial charge on any atom is -0.380 e. The Morgan fingerprint density at radius 3 is 2.44 bits per heavy atom. The molecule has 7 nitrogen and oxygen atoms in total. The van der Waals surface area contributed by atoms with E-state index in [1.807, 2.05) is 18.2 Å². The minimum absolute atomic E-state index is 0.0502. The number of amides is 2. The van der Waals surface area contributed by atoms with Gasteiger partial charge in [-0.05, 0) is 23.8 Å². The summed E-state index contributed by atoms with van der Waals surface area (Å²) in [6, 6.07) is 7.46. The number of nitrogens with one attached hydrogen (secondary N) is 1. The topological polar surface area (TPSA) is 78.4 Å². The number of carbonyl (C=O) groups is 2. The Bertz CT molecular complexity index is 725. The first kappa shape index (κ1) is 16.9. The van der Waals surface area contributed by atoms with Gasteiger partial charge in [-0.15, -0.1) is 0 Å². The smallest absolute Gasteiger partial charge is 0.272 e. The van der Waals surface area contributed by atoms with Crippen LogP contribution in [0.5, 0.6) is 0 Å².